The molecule has 0 spiro atoms. The number of nitrogens with zero attached hydrogens (tertiary/aromatic N) is 1. The minimum Gasteiger partial charge on any atom is -0.352 e. The van der Waals surface area contributed by atoms with Gasteiger partial charge in [-0.25, -0.2) is 0 Å². The molecule has 2 N–H and O–H groups in total. The number of rotatable bonds is 5. The third-order valence-corrected chi connectivity index (χ3v) is 4.51. The number of nitrogens with one attached hydrogen (secondary N) is 2. The number of hydrogen-bond acceptors (Lipinski definition) is 3. The number of carbonyl (C=O) groups excluding carboxylic acids is 2. The van der Waals surface area contributed by atoms with Gasteiger partial charge in [0.1, 0.15) is 0 Å². The zero-order valence-corrected chi connectivity index (χ0v) is 15.6. The van der Waals surface area contributed by atoms with Crippen LogP contribution in [0.5, 0.6) is 0 Å². The van der Waals surface area contributed by atoms with Crippen LogP contribution in [0.4, 0.5) is 0 Å². The van der Waals surface area contributed by atoms with Crippen LogP contribution in [0.25, 0.3) is 0 Å². The Morgan fingerprint density at radius 2 is 1.87 bits per heavy atom. The lowest BCUT2D eigenvalue weighted by Gasteiger charge is -2.31. The Balaban J connectivity index is 0.00000264. The smallest absolute Gasteiger partial charge is 0.251 e. The average Bonchev–Trinajstić information content (AvgIpc) is 2.55. The molecule has 0 bridgehead atoms. The summed E-state index contributed by atoms with van der Waals surface area (Å²) in [6.07, 6.45) is 2.32. The maximum absolute atomic E-state index is 12.2. The predicted molar refractivity (Wildman–Crippen MR) is 97.0 cm³/mol. The van der Waals surface area contributed by atoms with Crippen molar-refractivity contribution in [2.24, 2.45) is 0 Å². The third-order valence-electron chi connectivity index (χ3n) is 3.98. The average molecular weight is 405 g/mol. The maximum atomic E-state index is 12.2. The van der Waals surface area contributed by atoms with Gasteiger partial charge in [0, 0.05) is 36.1 Å². The Hall–Kier alpha value is -1.11. The minimum absolute atomic E-state index is 0. The molecule has 0 radical (unpaired) electrons. The van der Waals surface area contributed by atoms with Crippen LogP contribution < -0.4 is 10.6 Å². The highest BCUT2D eigenvalue weighted by molar-refractivity contribution is 9.10. The van der Waals surface area contributed by atoms with E-state index in [1.165, 1.54) is 0 Å². The summed E-state index contributed by atoms with van der Waals surface area (Å²) in [6.45, 7) is 2.29. The molecule has 1 aliphatic heterocycles. The van der Waals surface area contributed by atoms with Crippen LogP contribution in [0.3, 0.4) is 0 Å². The minimum atomic E-state index is -0.148. The summed E-state index contributed by atoms with van der Waals surface area (Å²) in [5, 5.41) is 6.08. The molecule has 1 aromatic rings. The summed E-state index contributed by atoms with van der Waals surface area (Å²) in [5.74, 6) is -0.0622. The van der Waals surface area contributed by atoms with E-state index in [1.54, 1.807) is 12.1 Å². The van der Waals surface area contributed by atoms with Crippen molar-refractivity contribution in [2.75, 3.05) is 26.7 Å². The second-order valence-corrected chi connectivity index (χ2v) is 6.41. The van der Waals surface area contributed by atoms with E-state index in [0.717, 1.165) is 30.4 Å². The van der Waals surface area contributed by atoms with Gasteiger partial charge in [-0.05, 0) is 50.2 Å². The second-order valence-electron chi connectivity index (χ2n) is 5.50. The SMILES string of the molecule is CN(C(=O)CCNC(=O)c1ccc(Br)cc1)C1CCNCC1.Cl. The molecule has 1 fully saturated rings. The van der Waals surface area contributed by atoms with Gasteiger partial charge in [-0.2, -0.15) is 0 Å². The zero-order valence-electron chi connectivity index (χ0n) is 13.2. The van der Waals surface area contributed by atoms with Crippen molar-refractivity contribution in [1.29, 1.82) is 0 Å². The molecular weight excluding hydrogens is 382 g/mol. The molecule has 1 saturated heterocycles. The van der Waals surface area contributed by atoms with Gasteiger partial charge in [0.25, 0.3) is 5.91 Å². The molecular formula is C16H23BrClN3O2. The molecule has 0 atom stereocenters. The molecule has 23 heavy (non-hydrogen) atoms. The Labute approximate surface area is 151 Å². The fourth-order valence-electron chi connectivity index (χ4n) is 2.56. The van der Waals surface area contributed by atoms with Crippen molar-refractivity contribution < 1.29 is 9.59 Å². The van der Waals surface area contributed by atoms with E-state index in [-0.39, 0.29) is 24.2 Å². The Morgan fingerprint density at radius 3 is 2.48 bits per heavy atom. The van der Waals surface area contributed by atoms with E-state index < -0.39 is 0 Å². The lowest BCUT2D eigenvalue weighted by molar-refractivity contribution is -0.132. The Kier molecular flexibility index (Phi) is 8.58. The van der Waals surface area contributed by atoms with E-state index in [2.05, 4.69) is 26.6 Å². The summed E-state index contributed by atoms with van der Waals surface area (Å²) in [7, 11) is 1.86. The summed E-state index contributed by atoms with van der Waals surface area (Å²) in [6, 6.07) is 7.47. The van der Waals surface area contributed by atoms with Crippen molar-refractivity contribution in [3.8, 4) is 0 Å². The lowest BCUT2D eigenvalue weighted by Crippen LogP contribution is -2.44. The topological polar surface area (TPSA) is 61.4 Å². The molecule has 0 aromatic heterocycles. The molecule has 0 unspecified atom stereocenters. The molecule has 0 aliphatic carbocycles. The molecule has 2 rings (SSSR count). The highest BCUT2D eigenvalue weighted by atomic mass is 79.9. The van der Waals surface area contributed by atoms with E-state index in [1.807, 2.05) is 24.1 Å². The maximum Gasteiger partial charge on any atom is 0.251 e. The van der Waals surface area contributed by atoms with Crippen molar-refractivity contribution in [1.82, 2.24) is 15.5 Å². The normalized spacial score (nSPS) is 14.7. The first-order valence-electron chi connectivity index (χ1n) is 7.58. The molecule has 1 aliphatic rings. The number of benzene rings is 1. The van der Waals surface area contributed by atoms with E-state index in [9.17, 15) is 9.59 Å². The summed E-state index contributed by atoms with van der Waals surface area (Å²) in [4.78, 5) is 25.9. The Bertz CT molecular complexity index is 519. The standard InChI is InChI=1S/C16H22BrN3O2.ClH/c1-20(14-6-9-18-10-7-14)15(21)8-11-19-16(22)12-2-4-13(17)5-3-12;/h2-5,14,18H,6-11H2,1H3,(H,19,22);1H. The lowest BCUT2D eigenvalue weighted by atomic mass is 10.1. The van der Waals surface area contributed by atoms with Crippen molar-refractivity contribution in [2.45, 2.75) is 25.3 Å². The van der Waals surface area contributed by atoms with Gasteiger partial charge in [-0.1, -0.05) is 15.9 Å². The van der Waals surface area contributed by atoms with Gasteiger partial charge < -0.3 is 15.5 Å². The molecule has 0 saturated carbocycles. The van der Waals surface area contributed by atoms with Crippen LogP contribution >= 0.6 is 28.3 Å². The number of hydrogen-bond donors (Lipinski definition) is 2. The zero-order chi connectivity index (χ0) is 15.9. The number of carbonyl (C=O) groups is 2. The van der Waals surface area contributed by atoms with Gasteiger partial charge in [0.2, 0.25) is 5.91 Å². The van der Waals surface area contributed by atoms with Crippen LogP contribution in [-0.2, 0) is 4.79 Å². The number of halogens is 2. The number of amides is 2. The highest BCUT2D eigenvalue weighted by Gasteiger charge is 2.21. The molecule has 1 heterocycles. The molecule has 7 heteroatoms. The molecule has 5 nitrogen and oxygen atoms in total. The largest absolute Gasteiger partial charge is 0.352 e. The van der Waals surface area contributed by atoms with Crippen LogP contribution in [0.2, 0.25) is 0 Å². The molecule has 2 amide bonds. The highest BCUT2D eigenvalue weighted by Crippen LogP contribution is 2.11. The Morgan fingerprint density at radius 1 is 1.26 bits per heavy atom. The van der Waals surface area contributed by atoms with E-state index in [0.29, 0.717) is 24.6 Å². The summed E-state index contributed by atoms with van der Waals surface area (Å²) in [5.41, 5.74) is 0.599. The van der Waals surface area contributed by atoms with Crippen molar-refractivity contribution in [3.63, 3.8) is 0 Å². The van der Waals surface area contributed by atoms with Crippen LogP contribution in [-0.4, -0.2) is 49.4 Å². The first-order chi connectivity index (χ1) is 10.6. The first-order valence-corrected chi connectivity index (χ1v) is 8.37. The van der Waals surface area contributed by atoms with E-state index in [4.69, 9.17) is 0 Å². The number of piperidine rings is 1. The predicted octanol–water partition coefficient (Wildman–Crippen LogP) is 2.20. The monoisotopic (exact) mass is 403 g/mol. The van der Waals surface area contributed by atoms with E-state index >= 15 is 0 Å². The van der Waals surface area contributed by atoms with Crippen LogP contribution in [0.15, 0.2) is 28.7 Å². The van der Waals surface area contributed by atoms with Gasteiger partial charge >= 0.3 is 0 Å². The fraction of sp³-hybridized carbons (Fsp3) is 0.500. The molecule has 128 valence electrons. The quantitative estimate of drug-likeness (QED) is 0.791. The summed E-state index contributed by atoms with van der Waals surface area (Å²) < 4.78 is 0.933. The van der Waals surface area contributed by atoms with Gasteiger partial charge in [-0.3, -0.25) is 9.59 Å². The van der Waals surface area contributed by atoms with Gasteiger partial charge in [0.15, 0.2) is 0 Å². The van der Waals surface area contributed by atoms with Crippen LogP contribution in [0, 0.1) is 0 Å². The second kappa shape index (κ2) is 9.90. The molecule has 1 aromatic carbocycles. The van der Waals surface area contributed by atoms with Crippen molar-refractivity contribution in [3.05, 3.63) is 34.3 Å². The first kappa shape index (κ1) is 19.9. The van der Waals surface area contributed by atoms with Crippen LogP contribution in [0.1, 0.15) is 29.6 Å². The summed E-state index contributed by atoms with van der Waals surface area (Å²) >= 11 is 3.33. The third kappa shape index (κ3) is 6.12. The fourth-order valence-corrected chi connectivity index (χ4v) is 2.82. The van der Waals surface area contributed by atoms with Gasteiger partial charge in [-0.15, -0.1) is 12.4 Å². The van der Waals surface area contributed by atoms with Crippen molar-refractivity contribution >= 4 is 40.2 Å². The van der Waals surface area contributed by atoms with Gasteiger partial charge in [0.05, 0.1) is 0 Å².